The Labute approximate surface area is 201 Å². The predicted molar refractivity (Wildman–Crippen MR) is 134 cm³/mol. The number of rotatable bonds is 7. The van der Waals surface area contributed by atoms with Gasteiger partial charge in [0.1, 0.15) is 5.52 Å². The van der Waals surface area contributed by atoms with Crippen LogP contribution in [-0.2, 0) is 4.79 Å². The van der Waals surface area contributed by atoms with E-state index in [-0.39, 0.29) is 5.69 Å². The molecule has 0 fully saturated rings. The average Bonchev–Trinajstić information content (AvgIpc) is 3.27. The smallest absolute Gasteiger partial charge is 0.270 e. The van der Waals surface area contributed by atoms with Gasteiger partial charge in [-0.25, -0.2) is 4.98 Å². The number of anilines is 1. The number of hydrogen-bond donors (Lipinski definition) is 1. The number of fused-ring (bicyclic) bond motifs is 1. The first-order chi connectivity index (χ1) is 16.3. The van der Waals surface area contributed by atoms with Crippen LogP contribution in [0.5, 0.6) is 0 Å². The van der Waals surface area contributed by atoms with Crippen LogP contribution in [0.25, 0.3) is 28.6 Å². The molecule has 0 bridgehead atoms. The van der Waals surface area contributed by atoms with Crippen LogP contribution in [0.15, 0.2) is 71.2 Å². The van der Waals surface area contributed by atoms with E-state index in [1.165, 1.54) is 29.8 Å². The highest BCUT2D eigenvalue weighted by atomic mass is 35.5. The number of hydrogen-bond acceptors (Lipinski definition) is 5. The minimum atomic E-state index is -0.486. The van der Waals surface area contributed by atoms with Gasteiger partial charge < -0.3 is 9.73 Å². The number of nitro groups is 1. The summed E-state index contributed by atoms with van der Waals surface area (Å²) in [7, 11) is 0. The van der Waals surface area contributed by atoms with Crippen LogP contribution in [0.2, 0.25) is 5.02 Å². The predicted octanol–water partition coefficient (Wildman–Crippen LogP) is 7.22. The normalized spacial score (nSPS) is 12.2. The third-order valence-electron chi connectivity index (χ3n) is 5.57. The zero-order valence-electron chi connectivity index (χ0n) is 18.6. The average molecular weight is 476 g/mol. The molecule has 4 aromatic rings. The van der Waals surface area contributed by atoms with Gasteiger partial charge in [0.2, 0.25) is 11.8 Å². The van der Waals surface area contributed by atoms with Crippen molar-refractivity contribution in [1.82, 2.24) is 4.98 Å². The fourth-order valence-electron chi connectivity index (χ4n) is 3.45. The van der Waals surface area contributed by atoms with Gasteiger partial charge in [-0.3, -0.25) is 14.9 Å². The molecule has 1 amide bonds. The van der Waals surface area contributed by atoms with E-state index in [1.807, 2.05) is 18.2 Å². The van der Waals surface area contributed by atoms with Crippen molar-refractivity contribution < 1.29 is 14.1 Å². The van der Waals surface area contributed by atoms with Gasteiger partial charge in [-0.1, -0.05) is 43.6 Å². The van der Waals surface area contributed by atoms with Crippen LogP contribution >= 0.6 is 11.6 Å². The van der Waals surface area contributed by atoms with E-state index >= 15 is 0 Å². The number of non-ortho nitro benzene ring substituents is 1. The van der Waals surface area contributed by atoms with Gasteiger partial charge in [-0.15, -0.1) is 0 Å². The Balaban J connectivity index is 1.54. The summed E-state index contributed by atoms with van der Waals surface area (Å²) in [5, 5.41) is 14.0. The fraction of sp³-hybridized carbons (Fsp3) is 0.154. The number of halogens is 1. The lowest BCUT2D eigenvalue weighted by atomic mass is 9.98. The summed E-state index contributed by atoms with van der Waals surface area (Å²) in [5.74, 6) is 0.425. The van der Waals surface area contributed by atoms with E-state index in [9.17, 15) is 14.9 Å². The highest BCUT2D eigenvalue weighted by Gasteiger charge is 2.13. The second-order valence-corrected chi connectivity index (χ2v) is 8.33. The van der Waals surface area contributed by atoms with Crippen molar-refractivity contribution in [3.63, 3.8) is 0 Å². The Morgan fingerprint density at radius 2 is 2.03 bits per heavy atom. The Morgan fingerprint density at radius 1 is 1.21 bits per heavy atom. The molecule has 8 heteroatoms. The first kappa shape index (κ1) is 23.2. The van der Waals surface area contributed by atoms with Gasteiger partial charge in [-0.2, -0.15) is 0 Å². The van der Waals surface area contributed by atoms with Crippen LogP contribution in [0.4, 0.5) is 11.4 Å². The molecule has 0 aliphatic carbocycles. The van der Waals surface area contributed by atoms with Crippen LogP contribution < -0.4 is 5.32 Å². The van der Waals surface area contributed by atoms with Gasteiger partial charge in [0, 0.05) is 23.8 Å². The largest absolute Gasteiger partial charge is 0.436 e. The highest BCUT2D eigenvalue weighted by Crippen LogP contribution is 2.32. The van der Waals surface area contributed by atoms with Crippen molar-refractivity contribution in [2.75, 3.05) is 5.32 Å². The van der Waals surface area contributed by atoms with Crippen LogP contribution in [-0.4, -0.2) is 15.8 Å². The lowest BCUT2D eigenvalue weighted by molar-refractivity contribution is -0.384. The summed E-state index contributed by atoms with van der Waals surface area (Å²) in [6.07, 6.45) is 3.82. The summed E-state index contributed by atoms with van der Waals surface area (Å²) in [5.41, 5.74) is 4.21. The molecule has 1 aromatic heterocycles. The fourth-order valence-corrected chi connectivity index (χ4v) is 3.62. The Hall–Kier alpha value is -3.97. The summed E-state index contributed by atoms with van der Waals surface area (Å²) in [4.78, 5) is 27.5. The molecule has 1 heterocycles. The van der Waals surface area contributed by atoms with Gasteiger partial charge in [0.05, 0.1) is 15.6 Å². The molecule has 4 rings (SSSR count). The Morgan fingerprint density at radius 3 is 2.79 bits per heavy atom. The number of aromatic nitrogens is 1. The van der Waals surface area contributed by atoms with E-state index in [0.717, 1.165) is 11.9 Å². The Bertz CT molecular complexity index is 1410. The molecular weight excluding hydrogens is 454 g/mol. The quantitative estimate of drug-likeness (QED) is 0.173. The second kappa shape index (κ2) is 9.89. The van der Waals surface area contributed by atoms with Crippen molar-refractivity contribution in [2.24, 2.45) is 0 Å². The summed E-state index contributed by atoms with van der Waals surface area (Å²) < 4.78 is 5.92. The van der Waals surface area contributed by atoms with E-state index in [0.29, 0.717) is 39.2 Å². The van der Waals surface area contributed by atoms with Crippen molar-refractivity contribution in [1.29, 1.82) is 0 Å². The van der Waals surface area contributed by atoms with E-state index < -0.39 is 10.8 Å². The van der Waals surface area contributed by atoms with E-state index in [4.69, 9.17) is 16.0 Å². The summed E-state index contributed by atoms with van der Waals surface area (Å²) in [6, 6.07) is 17.1. The van der Waals surface area contributed by atoms with Crippen molar-refractivity contribution in [3.8, 4) is 11.5 Å². The molecule has 7 nitrogen and oxygen atoms in total. The second-order valence-electron chi connectivity index (χ2n) is 7.92. The molecular formula is C26H22ClN3O4. The van der Waals surface area contributed by atoms with Gasteiger partial charge in [-0.05, 0) is 59.9 Å². The molecule has 0 radical (unpaired) electrons. The Kier molecular flexibility index (Phi) is 6.75. The lowest BCUT2D eigenvalue weighted by Crippen LogP contribution is -2.08. The maximum absolute atomic E-state index is 12.4. The first-order valence-electron chi connectivity index (χ1n) is 10.8. The molecule has 172 valence electrons. The number of carbonyl (C=O) groups excluding carboxylic acids is 1. The van der Waals surface area contributed by atoms with Crippen molar-refractivity contribution in [2.45, 2.75) is 26.2 Å². The molecule has 0 aliphatic rings. The molecule has 0 spiro atoms. The summed E-state index contributed by atoms with van der Waals surface area (Å²) >= 11 is 6.29. The van der Waals surface area contributed by atoms with Crippen LogP contribution in [0.1, 0.15) is 37.3 Å². The third kappa shape index (κ3) is 5.15. The molecule has 1 atom stereocenters. The van der Waals surface area contributed by atoms with Crippen LogP contribution in [0.3, 0.4) is 0 Å². The zero-order chi connectivity index (χ0) is 24.2. The maximum Gasteiger partial charge on any atom is 0.270 e. The number of amides is 1. The van der Waals surface area contributed by atoms with Crippen LogP contribution in [0, 0.1) is 10.1 Å². The highest BCUT2D eigenvalue weighted by molar-refractivity contribution is 6.34. The number of nitro benzene ring substituents is 1. The number of carbonyl (C=O) groups is 1. The molecule has 0 saturated heterocycles. The van der Waals surface area contributed by atoms with Gasteiger partial charge in [0.15, 0.2) is 5.58 Å². The van der Waals surface area contributed by atoms with Gasteiger partial charge in [0.25, 0.3) is 5.69 Å². The number of oxazole rings is 1. The van der Waals surface area contributed by atoms with Crippen molar-refractivity contribution in [3.05, 3.63) is 93.0 Å². The molecule has 3 aromatic carbocycles. The minimum Gasteiger partial charge on any atom is -0.436 e. The maximum atomic E-state index is 12.4. The molecule has 1 unspecified atom stereocenters. The monoisotopic (exact) mass is 475 g/mol. The van der Waals surface area contributed by atoms with E-state index in [2.05, 4.69) is 24.1 Å². The topological polar surface area (TPSA) is 98.3 Å². The SMILES string of the molecule is CCC(C)c1ccc2oc(-c3ccc(Cl)c(NC(=O)/C=C/c4cccc([N+](=O)[O-])c4)c3)nc2c1. The molecule has 34 heavy (non-hydrogen) atoms. The first-order valence-corrected chi connectivity index (χ1v) is 11.2. The van der Waals surface area contributed by atoms with E-state index in [1.54, 1.807) is 30.3 Å². The van der Waals surface area contributed by atoms with Crippen molar-refractivity contribution >= 4 is 46.1 Å². The van der Waals surface area contributed by atoms with Gasteiger partial charge >= 0.3 is 0 Å². The zero-order valence-corrected chi connectivity index (χ0v) is 19.4. The molecule has 1 N–H and O–H groups in total. The molecule has 0 saturated carbocycles. The molecule has 0 aliphatic heterocycles. The number of nitrogens with zero attached hydrogens (tertiary/aromatic N) is 2. The summed E-state index contributed by atoms with van der Waals surface area (Å²) in [6.45, 7) is 4.31. The standard InChI is InChI=1S/C26H22ClN3O4/c1-3-16(2)18-9-11-24-23(14-18)29-26(34-24)19-8-10-21(27)22(15-19)28-25(31)12-7-17-5-4-6-20(13-17)30(32)33/h4-16H,3H2,1-2H3,(H,28,31)/b12-7+. The minimum absolute atomic E-state index is 0.0482. The number of nitrogens with one attached hydrogen (secondary N) is 1. The third-order valence-corrected chi connectivity index (χ3v) is 5.90. The lowest BCUT2D eigenvalue weighted by Gasteiger charge is -2.07. The number of benzene rings is 3.